The summed E-state index contributed by atoms with van der Waals surface area (Å²) in [7, 11) is 1.58. The number of carbonyl (C=O) groups is 3. The number of urea groups is 1. The van der Waals surface area contributed by atoms with Crippen molar-refractivity contribution in [3.63, 3.8) is 0 Å². The van der Waals surface area contributed by atoms with Gasteiger partial charge in [0.25, 0.3) is 11.8 Å². The Morgan fingerprint density at radius 1 is 1.05 bits per heavy atom. The molecule has 0 saturated carbocycles. The van der Waals surface area contributed by atoms with E-state index < -0.39 is 5.91 Å². The van der Waals surface area contributed by atoms with Crippen molar-refractivity contribution in [2.75, 3.05) is 38.2 Å². The van der Waals surface area contributed by atoms with Crippen molar-refractivity contribution >= 4 is 23.5 Å². The Morgan fingerprint density at radius 3 is 2.37 bits per heavy atom. The van der Waals surface area contributed by atoms with Crippen LogP contribution in [0.15, 0.2) is 48.5 Å². The van der Waals surface area contributed by atoms with Crippen LogP contribution in [-0.2, 0) is 11.8 Å². The number of hydrogen-bond acceptors (Lipinski definition) is 5. The summed E-state index contributed by atoms with van der Waals surface area (Å²) in [6.07, 6.45) is 1.39. The molecule has 10 nitrogen and oxygen atoms in total. The van der Waals surface area contributed by atoms with Gasteiger partial charge in [-0.1, -0.05) is 26.0 Å². The summed E-state index contributed by atoms with van der Waals surface area (Å²) in [4.78, 5) is 41.7. The predicted octanol–water partition coefficient (Wildman–Crippen LogP) is 2.88. The fourth-order valence-electron chi connectivity index (χ4n) is 5.20. The molecule has 0 aliphatic carbocycles. The number of ether oxygens (including phenoxy) is 1. The van der Waals surface area contributed by atoms with Crippen LogP contribution in [-0.4, -0.2) is 65.8 Å². The van der Waals surface area contributed by atoms with Gasteiger partial charge in [-0.25, -0.2) is 9.48 Å². The van der Waals surface area contributed by atoms with E-state index in [-0.39, 0.29) is 23.0 Å². The molecule has 10 heteroatoms. The summed E-state index contributed by atoms with van der Waals surface area (Å²) in [6.45, 7) is 6.68. The van der Waals surface area contributed by atoms with Crippen LogP contribution in [0.4, 0.5) is 10.5 Å². The molecule has 0 spiro atoms. The van der Waals surface area contributed by atoms with Crippen LogP contribution < -0.4 is 20.7 Å². The molecule has 3 aromatic rings. The first-order valence-electron chi connectivity index (χ1n) is 12.7. The average Bonchev–Trinajstić information content (AvgIpc) is 3.31. The molecule has 3 heterocycles. The Bertz CT molecular complexity index is 1380. The molecule has 4 amide bonds. The van der Waals surface area contributed by atoms with Gasteiger partial charge >= 0.3 is 6.03 Å². The van der Waals surface area contributed by atoms with Crippen molar-refractivity contribution in [1.82, 2.24) is 20.0 Å². The number of amides is 4. The van der Waals surface area contributed by atoms with E-state index in [4.69, 9.17) is 10.5 Å². The lowest BCUT2D eigenvalue weighted by Crippen LogP contribution is -2.50. The van der Waals surface area contributed by atoms with Gasteiger partial charge in [0.1, 0.15) is 11.4 Å². The number of rotatable bonds is 7. The van der Waals surface area contributed by atoms with Crippen molar-refractivity contribution in [3.05, 3.63) is 71.0 Å². The van der Waals surface area contributed by atoms with Crippen LogP contribution in [0, 0.1) is 0 Å². The molecule has 0 atom stereocenters. The largest absolute Gasteiger partial charge is 0.497 e. The molecule has 198 valence electrons. The zero-order chi connectivity index (χ0) is 27.0. The predicted molar refractivity (Wildman–Crippen MR) is 143 cm³/mol. The molecule has 2 aliphatic rings. The van der Waals surface area contributed by atoms with Gasteiger partial charge in [0.15, 0.2) is 5.69 Å². The standard InChI is InChI=1S/C28H32N6O4/c1-28(2,17-32-15-4-14-30-27(32)37)18-5-7-19(8-6-18)33-16-13-22-23(25(29)35)31-34(24(22)26(33)36)20-9-11-21(38-3)12-10-20/h5-12H,4,13-17H2,1-3H3,(H2,29,35)(H,30,37). The maximum Gasteiger partial charge on any atom is 0.317 e. The smallest absolute Gasteiger partial charge is 0.317 e. The monoisotopic (exact) mass is 516 g/mol. The van der Waals surface area contributed by atoms with Gasteiger partial charge in [-0.05, 0) is 54.8 Å². The van der Waals surface area contributed by atoms with Crippen molar-refractivity contribution in [1.29, 1.82) is 0 Å². The lowest BCUT2D eigenvalue weighted by Gasteiger charge is -2.35. The molecule has 0 radical (unpaired) electrons. The minimum Gasteiger partial charge on any atom is -0.497 e. The number of fused-ring (bicyclic) bond motifs is 1. The molecule has 0 bridgehead atoms. The van der Waals surface area contributed by atoms with E-state index in [0.29, 0.717) is 48.7 Å². The fraction of sp³-hybridized carbons (Fsp3) is 0.357. The highest BCUT2D eigenvalue weighted by molar-refractivity contribution is 6.09. The van der Waals surface area contributed by atoms with Gasteiger partial charge in [0.05, 0.1) is 12.8 Å². The van der Waals surface area contributed by atoms with Crippen molar-refractivity contribution < 1.29 is 19.1 Å². The van der Waals surface area contributed by atoms with E-state index in [1.807, 2.05) is 29.2 Å². The number of primary amides is 1. The molecule has 5 rings (SSSR count). The van der Waals surface area contributed by atoms with E-state index >= 15 is 0 Å². The zero-order valence-corrected chi connectivity index (χ0v) is 21.9. The van der Waals surface area contributed by atoms with Crippen LogP contribution in [0.5, 0.6) is 5.75 Å². The minimum absolute atomic E-state index is 0.0283. The number of hydrogen-bond donors (Lipinski definition) is 2. The normalized spacial score (nSPS) is 15.8. The van der Waals surface area contributed by atoms with E-state index in [1.54, 1.807) is 36.3 Å². The second-order valence-corrected chi connectivity index (χ2v) is 10.3. The number of nitrogens with two attached hydrogens (primary N) is 1. The highest BCUT2D eigenvalue weighted by Crippen LogP contribution is 2.31. The molecule has 0 unspecified atom stereocenters. The maximum atomic E-state index is 13.8. The Balaban J connectivity index is 1.43. The van der Waals surface area contributed by atoms with Crippen LogP contribution in [0.25, 0.3) is 5.69 Å². The van der Waals surface area contributed by atoms with Crippen LogP contribution >= 0.6 is 0 Å². The third kappa shape index (κ3) is 4.57. The number of nitrogens with zero attached hydrogens (tertiary/aromatic N) is 4. The lowest BCUT2D eigenvalue weighted by molar-refractivity contribution is 0.0972. The summed E-state index contributed by atoms with van der Waals surface area (Å²) >= 11 is 0. The van der Waals surface area contributed by atoms with Crippen molar-refractivity contribution in [3.8, 4) is 11.4 Å². The minimum atomic E-state index is -0.663. The molecule has 3 N–H and O–H groups in total. The number of methoxy groups -OCH3 is 1. The van der Waals surface area contributed by atoms with E-state index in [2.05, 4.69) is 24.3 Å². The van der Waals surface area contributed by atoms with Crippen molar-refractivity contribution in [2.24, 2.45) is 5.73 Å². The van der Waals surface area contributed by atoms with E-state index in [9.17, 15) is 14.4 Å². The lowest BCUT2D eigenvalue weighted by atomic mass is 9.83. The maximum absolute atomic E-state index is 13.8. The highest BCUT2D eigenvalue weighted by Gasteiger charge is 2.35. The van der Waals surface area contributed by atoms with Gasteiger partial charge in [0.2, 0.25) is 0 Å². The van der Waals surface area contributed by atoms with E-state index in [1.165, 1.54) is 4.68 Å². The third-order valence-corrected chi connectivity index (χ3v) is 7.28. The first-order chi connectivity index (χ1) is 18.2. The fourth-order valence-corrected chi connectivity index (χ4v) is 5.20. The second kappa shape index (κ2) is 9.85. The van der Waals surface area contributed by atoms with Gasteiger partial charge in [0, 0.05) is 42.8 Å². The zero-order valence-electron chi connectivity index (χ0n) is 21.9. The Labute approximate surface area is 221 Å². The van der Waals surface area contributed by atoms with Crippen LogP contribution in [0.3, 0.4) is 0 Å². The first-order valence-corrected chi connectivity index (χ1v) is 12.7. The Morgan fingerprint density at radius 2 is 1.74 bits per heavy atom. The highest BCUT2D eigenvalue weighted by atomic mass is 16.5. The molecular weight excluding hydrogens is 484 g/mol. The Hall–Kier alpha value is -4.34. The van der Waals surface area contributed by atoms with Gasteiger partial charge < -0.3 is 25.6 Å². The quantitative estimate of drug-likeness (QED) is 0.500. The summed E-state index contributed by atoms with van der Waals surface area (Å²) in [5, 5.41) is 7.32. The number of anilines is 1. The first kappa shape index (κ1) is 25.3. The molecule has 1 saturated heterocycles. The van der Waals surface area contributed by atoms with Gasteiger partial charge in [-0.2, -0.15) is 5.10 Å². The second-order valence-electron chi connectivity index (χ2n) is 10.3. The van der Waals surface area contributed by atoms with Gasteiger partial charge in [-0.3, -0.25) is 9.59 Å². The third-order valence-electron chi connectivity index (χ3n) is 7.28. The van der Waals surface area contributed by atoms with Crippen LogP contribution in [0.2, 0.25) is 0 Å². The molecule has 38 heavy (non-hydrogen) atoms. The van der Waals surface area contributed by atoms with Gasteiger partial charge in [-0.15, -0.1) is 0 Å². The molecule has 2 aliphatic heterocycles. The number of carbonyl (C=O) groups excluding carboxylic acids is 3. The summed E-state index contributed by atoms with van der Waals surface area (Å²) in [6, 6.07) is 15.0. The SMILES string of the molecule is COc1ccc(-n2nc(C(N)=O)c3c2C(=O)N(c2ccc(C(C)(C)CN4CCCNC4=O)cc2)CC3)cc1. The summed E-state index contributed by atoms with van der Waals surface area (Å²) < 4.78 is 6.73. The number of benzene rings is 2. The Kier molecular flexibility index (Phi) is 6.56. The van der Waals surface area contributed by atoms with Crippen LogP contribution in [0.1, 0.15) is 52.4 Å². The molecular formula is C28H32N6O4. The van der Waals surface area contributed by atoms with E-state index in [0.717, 1.165) is 24.2 Å². The average molecular weight is 517 g/mol. The number of nitrogens with one attached hydrogen (secondary N) is 1. The molecule has 1 aromatic heterocycles. The van der Waals surface area contributed by atoms with Crippen molar-refractivity contribution in [2.45, 2.75) is 32.1 Å². The molecule has 1 fully saturated rings. The summed E-state index contributed by atoms with van der Waals surface area (Å²) in [5.41, 5.74) is 8.80. The topological polar surface area (TPSA) is 123 Å². The summed E-state index contributed by atoms with van der Waals surface area (Å²) in [5.74, 6) is -0.246. The molecule has 2 aromatic carbocycles. The number of aromatic nitrogens is 2.